The molecule has 1 unspecified atom stereocenters. The predicted octanol–water partition coefficient (Wildman–Crippen LogP) is 1.54. The van der Waals surface area contributed by atoms with Gasteiger partial charge in [-0.1, -0.05) is 19.4 Å². The molecule has 1 aromatic rings. The number of carbonyl (C=O) groups is 1. The van der Waals surface area contributed by atoms with Crippen LogP contribution in [0.1, 0.15) is 35.7 Å². The molecule has 5 nitrogen and oxygen atoms in total. The van der Waals surface area contributed by atoms with E-state index in [0.717, 1.165) is 18.2 Å². The standard InChI is InChI=1S/C15H23NO4S/c1-4-12(7-8-17)10-16-15(18)14-9-13(21(3,19)20)6-5-11(14)2/h5-6,9,12,17H,4,7-8,10H2,1-3H3,(H,16,18). The number of sulfone groups is 1. The highest BCUT2D eigenvalue weighted by atomic mass is 32.2. The molecule has 118 valence electrons. The van der Waals surface area contributed by atoms with Crippen LogP contribution in [0.25, 0.3) is 0 Å². The van der Waals surface area contributed by atoms with Crippen molar-refractivity contribution >= 4 is 15.7 Å². The number of hydrogen-bond donors (Lipinski definition) is 2. The summed E-state index contributed by atoms with van der Waals surface area (Å²) in [7, 11) is -3.33. The number of rotatable bonds is 7. The summed E-state index contributed by atoms with van der Waals surface area (Å²) >= 11 is 0. The van der Waals surface area contributed by atoms with E-state index in [9.17, 15) is 13.2 Å². The molecule has 2 N–H and O–H groups in total. The second-order valence-corrected chi connectivity index (χ2v) is 7.26. The Morgan fingerprint density at radius 3 is 2.57 bits per heavy atom. The van der Waals surface area contributed by atoms with Crippen molar-refractivity contribution in [2.75, 3.05) is 19.4 Å². The summed E-state index contributed by atoms with van der Waals surface area (Å²) in [6.07, 6.45) is 2.62. The van der Waals surface area contributed by atoms with Crippen molar-refractivity contribution < 1.29 is 18.3 Å². The van der Waals surface area contributed by atoms with Gasteiger partial charge in [-0.15, -0.1) is 0 Å². The van der Waals surface area contributed by atoms with Crippen LogP contribution in [0.15, 0.2) is 23.1 Å². The van der Waals surface area contributed by atoms with Crippen LogP contribution in [-0.4, -0.2) is 38.8 Å². The molecule has 0 aromatic heterocycles. The van der Waals surface area contributed by atoms with Crippen LogP contribution < -0.4 is 5.32 Å². The second kappa shape index (κ2) is 7.56. The zero-order valence-corrected chi connectivity index (χ0v) is 13.5. The molecule has 0 saturated carbocycles. The van der Waals surface area contributed by atoms with Gasteiger partial charge in [-0.2, -0.15) is 0 Å². The van der Waals surface area contributed by atoms with E-state index in [4.69, 9.17) is 5.11 Å². The smallest absolute Gasteiger partial charge is 0.251 e. The van der Waals surface area contributed by atoms with Gasteiger partial charge < -0.3 is 10.4 Å². The Balaban J connectivity index is 2.87. The molecular weight excluding hydrogens is 290 g/mol. The quantitative estimate of drug-likeness (QED) is 0.800. The SMILES string of the molecule is CCC(CCO)CNC(=O)c1cc(S(C)(=O)=O)ccc1C. The van der Waals surface area contributed by atoms with Gasteiger partial charge in [-0.3, -0.25) is 4.79 Å². The third kappa shape index (κ3) is 5.13. The van der Waals surface area contributed by atoms with E-state index in [0.29, 0.717) is 18.5 Å². The molecule has 0 saturated heterocycles. The normalized spacial score (nSPS) is 13.0. The minimum absolute atomic E-state index is 0.0942. The molecule has 21 heavy (non-hydrogen) atoms. The van der Waals surface area contributed by atoms with E-state index < -0.39 is 9.84 Å². The van der Waals surface area contributed by atoms with E-state index >= 15 is 0 Å². The fourth-order valence-electron chi connectivity index (χ4n) is 2.04. The van der Waals surface area contributed by atoms with Crippen LogP contribution in [0.4, 0.5) is 0 Å². The maximum atomic E-state index is 12.2. The number of aryl methyl sites for hydroxylation is 1. The fourth-order valence-corrected chi connectivity index (χ4v) is 2.69. The summed E-state index contributed by atoms with van der Waals surface area (Å²) < 4.78 is 23.1. The van der Waals surface area contributed by atoms with Crippen LogP contribution in [0.3, 0.4) is 0 Å². The first kappa shape index (κ1) is 17.7. The Labute approximate surface area is 126 Å². The van der Waals surface area contributed by atoms with Gasteiger partial charge in [0.15, 0.2) is 9.84 Å². The summed E-state index contributed by atoms with van der Waals surface area (Å²) in [4.78, 5) is 12.3. The molecule has 0 spiro atoms. The summed E-state index contributed by atoms with van der Waals surface area (Å²) in [5.41, 5.74) is 1.10. The Morgan fingerprint density at radius 1 is 1.38 bits per heavy atom. The number of benzene rings is 1. The molecule has 0 radical (unpaired) electrons. The molecule has 0 fully saturated rings. The molecule has 0 heterocycles. The molecule has 1 rings (SSSR count). The molecule has 1 aromatic carbocycles. The monoisotopic (exact) mass is 313 g/mol. The van der Waals surface area contributed by atoms with Crippen LogP contribution >= 0.6 is 0 Å². The van der Waals surface area contributed by atoms with Crippen LogP contribution in [0.5, 0.6) is 0 Å². The fraction of sp³-hybridized carbons (Fsp3) is 0.533. The summed E-state index contributed by atoms with van der Waals surface area (Å²) in [5, 5.41) is 11.8. The molecular formula is C15H23NO4S. The minimum Gasteiger partial charge on any atom is -0.396 e. The third-order valence-corrected chi connectivity index (χ3v) is 4.66. The first-order valence-electron chi connectivity index (χ1n) is 6.99. The number of hydrogen-bond acceptors (Lipinski definition) is 4. The Bertz CT molecular complexity index is 596. The average Bonchev–Trinajstić information content (AvgIpc) is 2.42. The van der Waals surface area contributed by atoms with Crippen LogP contribution in [0.2, 0.25) is 0 Å². The van der Waals surface area contributed by atoms with E-state index in [-0.39, 0.29) is 23.3 Å². The highest BCUT2D eigenvalue weighted by Crippen LogP contribution is 2.16. The molecule has 0 aliphatic heterocycles. The lowest BCUT2D eigenvalue weighted by Crippen LogP contribution is -2.30. The topological polar surface area (TPSA) is 83.5 Å². The summed E-state index contributed by atoms with van der Waals surface area (Å²) in [6, 6.07) is 4.55. The Morgan fingerprint density at radius 2 is 2.05 bits per heavy atom. The molecule has 1 amide bonds. The molecule has 6 heteroatoms. The number of amides is 1. The summed E-state index contributed by atoms with van der Waals surface area (Å²) in [6.45, 7) is 4.34. The molecule has 0 aliphatic carbocycles. The van der Waals surface area contributed by atoms with Gasteiger partial charge in [0, 0.05) is 25.0 Å². The lowest BCUT2D eigenvalue weighted by Gasteiger charge is -2.15. The highest BCUT2D eigenvalue weighted by molar-refractivity contribution is 7.90. The number of aliphatic hydroxyl groups is 1. The van der Waals surface area contributed by atoms with Gasteiger partial charge in [0.25, 0.3) is 5.91 Å². The average molecular weight is 313 g/mol. The van der Waals surface area contributed by atoms with Gasteiger partial charge in [0.05, 0.1) is 4.90 Å². The summed E-state index contributed by atoms with van der Waals surface area (Å²) in [5.74, 6) is -0.0632. The largest absolute Gasteiger partial charge is 0.396 e. The van der Waals surface area contributed by atoms with E-state index in [2.05, 4.69) is 5.32 Å². The lowest BCUT2D eigenvalue weighted by atomic mass is 10.0. The van der Waals surface area contributed by atoms with Crippen molar-refractivity contribution in [3.05, 3.63) is 29.3 Å². The maximum absolute atomic E-state index is 12.2. The van der Waals surface area contributed by atoms with E-state index in [1.807, 2.05) is 6.92 Å². The lowest BCUT2D eigenvalue weighted by molar-refractivity contribution is 0.0942. The third-order valence-electron chi connectivity index (χ3n) is 3.55. The van der Waals surface area contributed by atoms with Crippen molar-refractivity contribution in [3.63, 3.8) is 0 Å². The van der Waals surface area contributed by atoms with Gasteiger partial charge in [-0.25, -0.2) is 8.42 Å². The first-order valence-corrected chi connectivity index (χ1v) is 8.88. The molecule has 1 atom stereocenters. The van der Waals surface area contributed by atoms with Gasteiger partial charge >= 0.3 is 0 Å². The molecule has 0 aliphatic rings. The molecule has 0 bridgehead atoms. The maximum Gasteiger partial charge on any atom is 0.251 e. The van der Waals surface area contributed by atoms with Crippen LogP contribution in [-0.2, 0) is 9.84 Å². The zero-order valence-electron chi connectivity index (χ0n) is 12.7. The van der Waals surface area contributed by atoms with Gasteiger partial charge in [0.2, 0.25) is 0 Å². The second-order valence-electron chi connectivity index (χ2n) is 5.25. The number of aliphatic hydroxyl groups excluding tert-OH is 1. The van der Waals surface area contributed by atoms with Gasteiger partial charge in [-0.05, 0) is 37.0 Å². The van der Waals surface area contributed by atoms with E-state index in [1.165, 1.54) is 12.1 Å². The van der Waals surface area contributed by atoms with Crippen molar-refractivity contribution in [1.82, 2.24) is 5.32 Å². The Kier molecular flexibility index (Phi) is 6.36. The van der Waals surface area contributed by atoms with Crippen LogP contribution in [0, 0.1) is 12.8 Å². The van der Waals surface area contributed by atoms with Gasteiger partial charge in [0.1, 0.15) is 0 Å². The van der Waals surface area contributed by atoms with Crippen molar-refractivity contribution in [2.45, 2.75) is 31.6 Å². The van der Waals surface area contributed by atoms with Crippen molar-refractivity contribution in [2.24, 2.45) is 5.92 Å². The van der Waals surface area contributed by atoms with E-state index in [1.54, 1.807) is 13.0 Å². The Hall–Kier alpha value is -1.40. The number of nitrogens with one attached hydrogen (secondary N) is 1. The zero-order chi connectivity index (χ0) is 16.0. The van der Waals surface area contributed by atoms with Crippen molar-refractivity contribution in [3.8, 4) is 0 Å². The highest BCUT2D eigenvalue weighted by Gasteiger charge is 2.15. The predicted molar refractivity (Wildman–Crippen MR) is 82.1 cm³/mol. The minimum atomic E-state index is -3.33. The first-order chi connectivity index (χ1) is 9.79. The van der Waals surface area contributed by atoms with Crippen molar-refractivity contribution in [1.29, 1.82) is 0 Å². The number of carbonyl (C=O) groups excluding carboxylic acids is 1.